The van der Waals surface area contributed by atoms with Gasteiger partial charge >= 0.3 is 0 Å². The van der Waals surface area contributed by atoms with Crippen LogP contribution < -0.4 is 5.73 Å². The molecule has 5 nitrogen and oxygen atoms in total. The highest BCUT2D eigenvalue weighted by atomic mass is 16.5. The SMILES string of the molecule is CC1(C(=O)N2CCN(CC3CC3)CC2)COCC1N. The maximum absolute atomic E-state index is 12.6. The Morgan fingerprint density at radius 2 is 2.00 bits per heavy atom. The Morgan fingerprint density at radius 1 is 1.32 bits per heavy atom. The van der Waals surface area contributed by atoms with E-state index < -0.39 is 5.41 Å². The summed E-state index contributed by atoms with van der Waals surface area (Å²) in [4.78, 5) is 17.1. The van der Waals surface area contributed by atoms with Gasteiger partial charge in [0, 0.05) is 38.8 Å². The predicted molar refractivity (Wildman–Crippen MR) is 72.6 cm³/mol. The van der Waals surface area contributed by atoms with Gasteiger partial charge in [0.15, 0.2) is 0 Å². The third-order valence-corrected chi connectivity index (χ3v) is 4.88. The van der Waals surface area contributed by atoms with Gasteiger partial charge < -0.3 is 15.4 Å². The lowest BCUT2D eigenvalue weighted by Gasteiger charge is -2.39. The molecule has 2 unspecified atom stereocenters. The first kappa shape index (κ1) is 13.3. The Bertz CT molecular complexity index is 351. The maximum Gasteiger partial charge on any atom is 0.232 e. The van der Waals surface area contributed by atoms with Gasteiger partial charge in [-0.3, -0.25) is 9.69 Å². The van der Waals surface area contributed by atoms with Crippen LogP contribution in [0.1, 0.15) is 19.8 Å². The van der Waals surface area contributed by atoms with Crippen LogP contribution in [0.2, 0.25) is 0 Å². The fourth-order valence-electron chi connectivity index (χ4n) is 3.07. The quantitative estimate of drug-likeness (QED) is 0.776. The van der Waals surface area contributed by atoms with Crippen LogP contribution in [-0.4, -0.2) is 67.7 Å². The number of nitrogens with zero attached hydrogens (tertiary/aromatic N) is 2. The molecule has 3 fully saturated rings. The third kappa shape index (κ3) is 2.64. The zero-order valence-electron chi connectivity index (χ0n) is 11.8. The number of amides is 1. The van der Waals surface area contributed by atoms with Crippen molar-refractivity contribution in [1.29, 1.82) is 0 Å². The minimum atomic E-state index is -0.515. The molecule has 5 heteroatoms. The summed E-state index contributed by atoms with van der Waals surface area (Å²) < 4.78 is 5.38. The Kier molecular flexibility index (Phi) is 3.53. The Morgan fingerprint density at radius 3 is 2.53 bits per heavy atom. The standard InChI is InChI=1S/C14H25N3O2/c1-14(10-19-9-12(14)15)13(18)17-6-4-16(5-7-17)8-11-2-3-11/h11-12H,2-10,15H2,1H3. The molecular formula is C14H25N3O2. The van der Waals surface area contributed by atoms with Gasteiger partial charge in [0.2, 0.25) is 5.91 Å². The second kappa shape index (κ2) is 5.04. The topological polar surface area (TPSA) is 58.8 Å². The zero-order valence-corrected chi connectivity index (χ0v) is 11.8. The summed E-state index contributed by atoms with van der Waals surface area (Å²) >= 11 is 0. The molecule has 0 radical (unpaired) electrons. The number of rotatable bonds is 3. The highest BCUT2D eigenvalue weighted by Gasteiger charge is 2.46. The van der Waals surface area contributed by atoms with Crippen LogP contribution in [0.25, 0.3) is 0 Å². The van der Waals surface area contributed by atoms with E-state index in [2.05, 4.69) is 4.90 Å². The molecule has 108 valence electrons. The van der Waals surface area contributed by atoms with Gasteiger partial charge in [0.05, 0.1) is 18.6 Å². The highest BCUT2D eigenvalue weighted by Crippen LogP contribution is 2.31. The molecule has 2 N–H and O–H groups in total. The number of hydrogen-bond donors (Lipinski definition) is 1. The van der Waals surface area contributed by atoms with Crippen LogP contribution in [0.4, 0.5) is 0 Å². The van der Waals surface area contributed by atoms with Crippen molar-refractivity contribution in [2.75, 3.05) is 45.9 Å². The lowest BCUT2D eigenvalue weighted by molar-refractivity contribution is -0.143. The fraction of sp³-hybridized carbons (Fsp3) is 0.929. The smallest absolute Gasteiger partial charge is 0.232 e. The van der Waals surface area contributed by atoms with Gasteiger partial charge in [-0.1, -0.05) is 0 Å². The molecule has 0 aromatic heterocycles. The van der Waals surface area contributed by atoms with Crippen LogP contribution in [-0.2, 0) is 9.53 Å². The van der Waals surface area contributed by atoms with Crippen molar-refractivity contribution in [1.82, 2.24) is 9.80 Å². The van der Waals surface area contributed by atoms with Crippen molar-refractivity contribution in [3.8, 4) is 0 Å². The Hall–Kier alpha value is -0.650. The monoisotopic (exact) mass is 267 g/mol. The largest absolute Gasteiger partial charge is 0.379 e. The molecule has 0 bridgehead atoms. The van der Waals surface area contributed by atoms with E-state index in [0.29, 0.717) is 13.2 Å². The summed E-state index contributed by atoms with van der Waals surface area (Å²) in [5, 5.41) is 0. The summed E-state index contributed by atoms with van der Waals surface area (Å²) in [7, 11) is 0. The molecule has 3 aliphatic rings. The molecule has 1 aliphatic carbocycles. The van der Waals surface area contributed by atoms with E-state index in [1.54, 1.807) is 0 Å². The summed E-state index contributed by atoms with van der Waals surface area (Å²) in [6.45, 7) is 7.84. The molecule has 1 amide bonds. The zero-order chi connectivity index (χ0) is 13.5. The first-order valence-electron chi connectivity index (χ1n) is 7.44. The average Bonchev–Trinajstić information content (AvgIpc) is 3.16. The van der Waals surface area contributed by atoms with Gasteiger partial charge in [-0.25, -0.2) is 0 Å². The van der Waals surface area contributed by atoms with E-state index in [-0.39, 0.29) is 11.9 Å². The van der Waals surface area contributed by atoms with Crippen molar-refractivity contribution in [3.63, 3.8) is 0 Å². The fourth-order valence-corrected chi connectivity index (χ4v) is 3.07. The van der Waals surface area contributed by atoms with E-state index in [9.17, 15) is 4.79 Å². The second-order valence-electron chi connectivity index (χ2n) is 6.58. The third-order valence-electron chi connectivity index (χ3n) is 4.88. The van der Waals surface area contributed by atoms with Gasteiger partial charge in [0.1, 0.15) is 0 Å². The number of piperazine rings is 1. The molecule has 19 heavy (non-hydrogen) atoms. The van der Waals surface area contributed by atoms with E-state index in [1.165, 1.54) is 19.4 Å². The summed E-state index contributed by atoms with van der Waals surface area (Å²) in [6.07, 6.45) is 2.78. The van der Waals surface area contributed by atoms with Crippen molar-refractivity contribution >= 4 is 5.91 Å². The molecule has 0 aromatic carbocycles. The van der Waals surface area contributed by atoms with E-state index in [0.717, 1.165) is 32.1 Å². The van der Waals surface area contributed by atoms with Crippen LogP contribution in [0.3, 0.4) is 0 Å². The van der Waals surface area contributed by atoms with Gasteiger partial charge in [-0.15, -0.1) is 0 Å². The molecule has 0 spiro atoms. The first-order chi connectivity index (χ1) is 9.09. The van der Waals surface area contributed by atoms with Crippen molar-refractivity contribution in [3.05, 3.63) is 0 Å². The lowest BCUT2D eigenvalue weighted by atomic mass is 9.84. The molecule has 2 saturated heterocycles. The minimum Gasteiger partial charge on any atom is -0.379 e. The number of carbonyl (C=O) groups is 1. The highest BCUT2D eigenvalue weighted by molar-refractivity contribution is 5.83. The summed E-state index contributed by atoms with van der Waals surface area (Å²) in [5.74, 6) is 1.11. The molecule has 2 aliphatic heterocycles. The van der Waals surface area contributed by atoms with Crippen LogP contribution in [0.5, 0.6) is 0 Å². The molecular weight excluding hydrogens is 242 g/mol. The van der Waals surface area contributed by atoms with Crippen molar-refractivity contribution in [2.45, 2.75) is 25.8 Å². The van der Waals surface area contributed by atoms with Crippen molar-refractivity contribution in [2.24, 2.45) is 17.1 Å². The average molecular weight is 267 g/mol. The summed E-state index contributed by atoms with van der Waals surface area (Å²) in [5.41, 5.74) is 5.52. The van der Waals surface area contributed by atoms with Gasteiger partial charge in [-0.05, 0) is 25.7 Å². The Labute approximate surface area is 115 Å². The summed E-state index contributed by atoms with van der Waals surface area (Å²) in [6, 6.07) is -0.163. The lowest BCUT2D eigenvalue weighted by Crippen LogP contribution is -2.56. The number of hydrogen-bond acceptors (Lipinski definition) is 4. The molecule has 1 saturated carbocycles. The second-order valence-corrected chi connectivity index (χ2v) is 6.58. The van der Waals surface area contributed by atoms with Crippen molar-refractivity contribution < 1.29 is 9.53 Å². The maximum atomic E-state index is 12.6. The van der Waals surface area contributed by atoms with Crippen LogP contribution in [0.15, 0.2) is 0 Å². The van der Waals surface area contributed by atoms with Gasteiger partial charge in [0.25, 0.3) is 0 Å². The van der Waals surface area contributed by atoms with E-state index >= 15 is 0 Å². The van der Waals surface area contributed by atoms with E-state index in [1.807, 2.05) is 11.8 Å². The molecule has 2 heterocycles. The first-order valence-corrected chi connectivity index (χ1v) is 7.44. The number of carbonyl (C=O) groups excluding carboxylic acids is 1. The molecule has 3 rings (SSSR count). The molecule has 0 aromatic rings. The number of ether oxygens (including phenoxy) is 1. The molecule has 2 atom stereocenters. The number of nitrogens with two attached hydrogens (primary N) is 1. The predicted octanol–water partition coefficient (Wildman–Crippen LogP) is -0.0956. The normalized spacial score (nSPS) is 36.7. The van der Waals surface area contributed by atoms with E-state index in [4.69, 9.17) is 10.5 Å². The minimum absolute atomic E-state index is 0.163. The van der Waals surface area contributed by atoms with Gasteiger partial charge in [-0.2, -0.15) is 0 Å². The van der Waals surface area contributed by atoms with Crippen LogP contribution in [0, 0.1) is 11.3 Å². The Balaban J connectivity index is 1.54. The van der Waals surface area contributed by atoms with Crippen LogP contribution >= 0.6 is 0 Å².